The number of amides is 1. The van der Waals surface area contributed by atoms with Gasteiger partial charge in [-0.25, -0.2) is 4.98 Å². The third-order valence-electron chi connectivity index (χ3n) is 4.48. The Balaban J connectivity index is 1.66. The van der Waals surface area contributed by atoms with Crippen LogP contribution in [-0.4, -0.2) is 52.5 Å². The van der Waals surface area contributed by atoms with Crippen LogP contribution >= 0.6 is 0 Å². The quantitative estimate of drug-likeness (QED) is 0.478. The van der Waals surface area contributed by atoms with Gasteiger partial charge >= 0.3 is 0 Å². The molecule has 0 bridgehead atoms. The van der Waals surface area contributed by atoms with Gasteiger partial charge in [0.25, 0.3) is 11.6 Å². The number of fused-ring (bicyclic) bond motifs is 1. The lowest BCUT2D eigenvalue weighted by Gasteiger charge is -2.13. The number of carbonyl (C=O) groups excluding carboxylic acids is 1. The minimum absolute atomic E-state index is 0.0360. The zero-order valence-electron chi connectivity index (χ0n) is 16.0. The number of nitrogens with one attached hydrogen (secondary N) is 1. The summed E-state index contributed by atoms with van der Waals surface area (Å²) in [7, 11) is 4.06. The molecule has 3 rings (SSSR count). The van der Waals surface area contributed by atoms with Gasteiger partial charge in [0.2, 0.25) is 0 Å². The van der Waals surface area contributed by atoms with Crippen molar-refractivity contribution in [3.05, 3.63) is 70.0 Å². The molecule has 0 fully saturated rings. The van der Waals surface area contributed by atoms with Crippen LogP contribution in [0, 0.1) is 10.1 Å². The van der Waals surface area contributed by atoms with E-state index in [1.165, 1.54) is 24.3 Å². The fourth-order valence-corrected chi connectivity index (χ4v) is 2.99. The van der Waals surface area contributed by atoms with Gasteiger partial charge < -0.3 is 14.8 Å². The van der Waals surface area contributed by atoms with Gasteiger partial charge in [-0.2, -0.15) is 0 Å². The summed E-state index contributed by atoms with van der Waals surface area (Å²) in [4.78, 5) is 29.3. The number of imidazole rings is 1. The summed E-state index contributed by atoms with van der Waals surface area (Å²) in [5, 5.41) is 13.6. The van der Waals surface area contributed by atoms with E-state index in [4.69, 9.17) is 4.98 Å². The summed E-state index contributed by atoms with van der Waals surface area (Å²) in [6.45, 7) is 2.14. The van der Waals surface area contributed by atoms with Crippen molar-refractivity contribution in [3.63, 3.8) is 0 Å². The predicted molar refractivity (Wildman–Crippen MR) is 107 cm³/mol. The van der Waals surface area contributed by atoms with E-state index in [1.807, 2.05) is 32.3 Å². The highest BCUT2D eigenvalue weighted by molar-refractivity contribution is 5.94. The second-order valence-corrected chi connectivity index (χ2v) is 6.78. The van der Waals surface area contributed by atoms with E-state index in [0.717, 1.165) is 29.9 Å². The number of rotatable bonds is 8. The molecule has 0 spiro atoms. The highest BCUT2D eigenvalue weighted by Crippen LogP contribution is 2.16. The molecule has 0 radical (unpaired) electrons. The summed E-state index contributed by atoms with van der Waals surface area (Å²) in [6, 6.07) is 13.6. The summed E-state index contributed by atoms with van der Waals surface area (Å²) in [5.41, 5.74) is 2.39. The topological polar surface area (TPSA) is 93.3 Å². The van der Waals surface area contributed by atoms with E-state index in [2.05, 4.69) is 20.9 Å². The van der Waals surface area contributed by atoms with Crippen LogP contribution in [0.2, 0.25) is 0 Å². The number of nitro groups is 1. The second kappa shape index (κ2) is 8.62. The lowest BCUT2D eigenvalue weighted by Crippen LogP contribution is -2.27. The van der Waals surface area contributed by atoms with Crippen molar-refractivity contribution in [3.8, 4) is 0 Å². The molecule has 0 unspecified atom stereocenters. The van der Waals surface area contributed by atoms with E-state index < -0.39 is 4.92 Å². The van der Waals surface area contributed by atoms with Gasteiger partial charge in [-0.1, -0.05) is 12.1 Å². The van der Waals surface area contributed by atoms with E-state index in [0.29, 0.717) is 18.5 Å². The Morgan fingerprint density at radius 1 is 1.18 bits per heavy atom. The smallest absolute Gasteiger partial charge is 0.269 e. The van der Waals surface area contributed by atoms with Gasteiger partial charge in [-0.05, 0) is 38.4 Å². The Hall–Kier alpha value is -3.26. The van der Waals surface area contributed by atoms with Crippen LogP contribution in [-0.2, 0) is 13.0 Å². The number of nitrogens with zero attached hydrogens (tertiary/aromatic N) is 4. The second-order valence-electron chi connectivity index (χ2n) is 6.78. The number of benzene rings is 2. The molecular weight excluding hydrogens is 358 g/mol. The van der Waals surface area contributed by atoms with Crippen LogP contribution < -0.4 is 5.32 Å². The van der Waals surface area contributed by atoms with Crippen molar-refractivity contribution in [2.24, 2.45) is 0 Å². The van der Waals surface area contributed by atoms with Crippen LogP contribution in [0.1, 0.15) is 16.2 Å². The molecule has 1 heterocycles. The molecule has 0 aliphatic carbocycles. The van der Waals surface area contributed by atoms with Crippen LogP contribution in [0.25, 0.3) is 11.0 Å². The normalized spacial score (nSPS) is 11.1. The SMILES string of the molecule is CN(C)CCn1c(CCNC(=O)c2ccc([N+](=O)[O-])cc2)nc2ccccc21. The lowest BCUT2D eigenvalue weighted by molar-refractivity contribution is -0.384. The maximum Gasteiger partial charge on any atom is 0.269 e. The maximum atomic E-state index is 12.3. The highest BCUT2D eigenvalue weighted by atomic mass is 16.6. The summed E-state index contributed by atoms with van der Waals surface area (Å²) >= 11 is 0. The first-order chi connectivity index (χ1) is 13.5. The van der Waals surface area contributed by atoms with Gasteiger partial charge in [0.15, 0.2) is 0 Å². The number of nitro benzene ring substituents is 1. The molecule has 0 saturated heterocycles. The van der Waals surface area contributed by atoms with Gasteiger partial charge in [-0.3, -0.25) is 14.9 Å². The van der Waals surface area contributed by atoms with Crippen LogP contribution in [0.15, 0.2) is 48.5 Å². The Labute approximate surface area is 162 Å². The predicted octanol–water partition coefficient (Wildman–Crippen LogP) is 2.48. The molecule has 28 heavy (non-hydrogen) atoms. The fraction of sp³-hybridized carbons (Fsp3) is 0.300. The molecule has 1 aromatic heterocycles. The molecule has 8 heteroatoms. The first-order valence-electron chi connectivity index (χ1n) is 9.07. The molecule has 0 atom stereocenters. The largest absolute Gasteiger partial charge is 0.352 e. The number of aromatic nitrogens is 2. The number of non-ortho nitro benzene ring substituents is 1. The Morgan fingerprint density at radius 2 is 1.89 bits per heavy atom. The minimum atomic E-state index is -0.486. The summed E-state index contributed by atoms with van der Waals surface area (Å²) < 4.78 is 2.19. The van der Waals surface area contributed by atoms with Crippen molar-refractivity contribution in [2.45, 2.75) is 13.0 Å². The van der Waals surface area contributed by atoms with Crippen LogP contribution in [0.5, 0.6) is 0 Å². The Kier molecular flexibility index (Phi) is 6.00. The molecule has 8 nitrogen and oxygen atoms in total. The number of hydrogen-bond acceptors (Lipinski definition) is 5. The average Bonchev–Trinajstić information content (AvgIpc) is 3.03. The van der Waals surface area contributed by atoms with Crippen molar-refractivity contribution in [2.75, 3.05) is 27.2 Å². The van der Waals surface area contributed by atoms with Crippen molar-refractivity contribution in [1.29, 1.82) is 0 Å². The van der Waals surface area contributed by atoms with E-state index in [1.54, 1.807) is 0 Å². The zero-order valence-corrected chi connectivity index (χ0v) is 16.0. The average molecular weight is 381 g/mol. The van der Waals surface area contributed by atoms with Crippen molar-refractivity contribution >= 4 is 22.6 Å². The first-order valence-corrected chi connectivity index (χ1v) is 9.07. The summed E-state index contributed by atoms with van der Waals surface area (Å²) in [5.74, 6) is 0.665. The van der Waals surface area contributed by atoms with Gasteiger partial charge in [0, 0.05) is 43.8 Å². The summed E-state index contributed by atoms with van der Waals surface area (Å²) in [6.07, 6.45) is 0.598. The molecule has 0 aliphatic rings. The third kappa shape index (κ3) is 4.52. The molecule has 2 aromatic carbocycles. The van der Waals surface area contributed by atoms with E-state index >= 15 is 0 Å². The number of para-hydroxylation sites is 2. The van der Waals surface area contributed by atoms with Gasteiger partial charge in [0.1, 0.15) is 5.82 Å². The molecule has 146 valence electrons. The molecule has 0 saturated carbocycles. The van der Waals surface area contributed by atoms with Crippen LogP contribution in [0.3, 0.4) is 0 Å². The van der Waals surface area contributed by atoms with Crippen molar-refractivity contribution in [1.82, 2.24) is 19.8 Å². The Morgan fingerprint density at radius 3 is 2.57 bits per heavy atom. The van der Waals surface area contributed by atoms with E-state index in [-0.39, 0.29) is 11.6 Å². The standard InChI is InChI=1S/C20H23N5O3/c1-23(2)13-14-24-18-6-4-3-5-17(18)22-19(24)11-12-21-20(26)15-7-9-16(10-8-15)25(27)28/h3-10H,11-14H2,1-2H3,(H,21,26). The van der Waals surface area contributed by atoms with Crippen LogP contribution in [0.4, 0.5) is 5.69 Å². The maximum absolute atomic E-state index is 12.3. The molecule has 0 aliphatic heterocycles. The van der Waals surface area contributed by atoms with Gasteiger partial charge in [-0.15, -0.1) is 0 Å². The zero-order chi connectivity index (χ0) is 20.1. The third-order valence-corrected chi connectivity index (χ3v) is 4.48. The molecular formula is C20H23N5O3. The number of hydrogen-bond donors (Lipinski definition) is 1. The Bertz CT molecular complexity index is 979. The molecule has 1 N–H and O–H groups in total. The minimum Gasteiger partial charge on any atom is -0.352 e. The first kappa shape index (κ1) is 19.5. The van der Waals surface area contributed by atoms with Crippen molar-refractivity contribution < 1.29 is 9.72 Å². The van der Waals surface area contributed by atoms with E-state index in [9.17, 15) is 14.9 Å². The molecule has 3 aromatic rings. The van der Waals surface area contributed by atoms with Gasteiger partial charge in [0.05, 0.1) is 16.0 Å². The lowest BCUT2D eigenvalue weighted by atomic mass is 10.2. The monoisotopic (exact) mass is 381 g/mol. The number of likely N-dealkylation sites (N-methyl/N-ethyl adjacent to an activating group) is 1. The number of carbonyl (C=O) groups is 1. The fourth-order valence-electron chi connectivity index (χ4n) is 2.99. The molecule has 1 amide bonds. The highest BCUT2D eigenvalue weighted by Gasteiger charge is 2.12.